The fourth-order valence-electron chi connectivity index (χ4n) is 4.86. The molecule has 6 rings (SSSR count). The van der Waals surface area contributed by atoms with E-state index < -0.39 is 0 Å². The highest BCUT2D eigenvalue weighted by molar-refractivity contribution is 8.11. The zero-order valence-electron chi connectivity index (χ0n) is 20.9. The molecule has 5 heterocycles. The average molecular weight is 535 g/mol. The molecule has 3 aliphatic rings. The molecule has 2 atom stereocenters. The molecule has 2 N–H and O–H groups in total. The van der Waals surface area contributed by atoms with Crippen LogP contribution in [0.3, 0.4) is 0 Å². The van der Waals surface area contributed by atoms with Crippen LogP contribution in [0.2, 0.25) is 0 Å². The molecule has 3 aliphatic heterocycles. The normalized spacial score (nSPS) is 22.3. The summed E-state index contributed by atoms with van der Waals surface area (Å²) in [6.45, 7) is 11.5. The van der Waals surface area contributed by atoms with Crippen LogP contribution in [0, 0.1) is 5.82 Å². The number of nitrogens with zero attached hydrogens (tertiary/aromatic N) is 4. The fraction of sp³-hybridized carbons (Fsp3) is 0.296. The minimum absolute atomic E-state index is 0.0581. The zero-order valence-corrected chi connectivity index (χ0v) is 21.7. The van der Waals surface area contributed by atoms with Gasteiger partial charge in [-0.1, -0.05) is 31.0 Å². The Morgan fingerprint density at radius 3 is 2.89 bits per heavy atom. The molecule has 2 fully saturated rings. The summed E-state index contributed by atoms with van der Waals surface area (Å²) in [5, 5.41) is 7.52. The molecule has 0 bridgehead atoms. The number of rotatable bonds is 5. The third-order valence-electron chi connectivity index (χ3n) is 6.79. The SMILES string of the molecule is C=C1CN(C(=O)Cn2ccn3c(=C)c(=O)c(=C4NC=C(Cc5ccc(F)cc5[C@H]5CN5)S4)nc23)C[C@H](C)O1. The highest BCUT2D eigenvalue weighted by Crippen LogP contribution is 2.34. The van der Waals surface area contributed by atoms with Gasteiger partial charge in [0, 0.05) is 42.5 Å². The molecule has 11 heteroatoms. The molecule has 1 aromatic carbocycles. The zero-order chi connectivity index (χ0) is 26.6. The lowest BCUT2D eigenvalue weighted by molar-refractivity contribution is -0.135. The van der Waals surface area contributed by atoms with Crippen molar-refractivity contribution in [3.8, 4) is 0 Å². The molecule has 0 spiro atoms. The Labute approximate surface area is 222 Å². The number of ether oxygens (including phenoxy) is 1. The van der Waals surface area contributed by atoms with Gasteiger partial charge >= 0.3 is 0 Å². The number of morpholine rings is 1. The quantitative estimate of drug-likeness (QED) is 0.470. The van der Waals surface area contributed by atoms with Crippen LogP contribution in [0.5, 0.6) is 0 Å². The van der Waals surface area contributed by atoms with Crippen LogP contribution in [-0.4, -0.2) is 50.5 Å². The van der Waals surface area contributed by atoms with Crippen LogP contribution in [-0.2, 0) is 22.5 Å². The molecule has 3 aromatic rings. The summed E-state index contributed by atoms with van der Waals surface area (Å²) in [6.07, 6.45) is 5.75. The molecular weight excluding hydrogens is 507 g/mol. The van der Waals surface area contributed by atoms with Crippen molar-refractivity contribution in [2.45, 2.75) is 32.0 Å². The highest BCUT2D eigenvalue weighted by Gasteiger charge is 2.27. The average Bonchev–Trinajstić information content (AvgIpc) is 3.50. The maximum absolute atomic E-state index is 13.8. The molecule has 9 nitrogen and oxygen atoms in total. The van der Waals surface area contributed by atoms with Gasteiger partial charge in [0.25, 0.3) is 0 Å². The Bertz CT molecular complexity index is 1690. The number of fused-ring (bicyclic) bond motifs is 1. The van der Waals surface area contributed by atoms with Crippen molar-refractivity contribution in [3.63, 3.8) is 0 Å². The summed E-state index contributed by atoms with van der Waals surface area (Å²) in [4.78, 5) is 33.6. The van der Waals surface area contributed by atoms with Gasteiger partial charge in [0.1, 0.15) is 34.6 Å². The van der Waals surface area contributed by atoms with Crippen molar-refractivity contribution in [2.75, 3.05) is 19.6 Å². The lowest BCUT2D eigenvalue weighted by Gasteiger charge is -2.33. The van der Waals surface area contributed by atoms with E-state index in [1.165, 1.54) is 17.8 Å². The van der Waals surface area contributed by atoms with E-state index in [1.807, 2.05) is 19.2 Å². The second-order valence-electron chi connectivity index (χ2n) is 9.74. The monoisotopic (exact) mass is 534 g/mol. The Kier molecular flexibility index (Phi) is 6.11. The van der Waals surface area contributed by atoms with Gasteiger partial charge in [0.2, 0.25) is 17.1 Å². The molecule has 38 heavy (non-hydrogen) atoms. The van der Waals surface area contributed by atoms with Crippen LogP contribution in [0.25, 0.3) is 17.4 Å². The number of halogens is 1. The third kappa shape index (κ3) is 4.63. The van der Waals surface area contributed by atoms with Crippen molar-refractivity contribution < 1.29 is 13.9 Å². The second kappa shape index (κ2) is 9.48. The largest absolute Gasteiger partial charge is 0.492 e. The van der Waals surface area contributed by atoms with Crippen molar-refractivity contribution in [2.24, 2.45) is 0 Å². The molecule has 1 amide bonds. The minimum atomic E-state index is -0.292. The van der Waals surface area contributed by atoms with Crippen molar-refractivity contribution in [1.29, 1.82) is 0 Å². The Morgan fingerprint density at radius 2 is 2.13 bits per heavy atom. The first-order chi connectivity index (χ1) is 18.3. The number of hydrogen-bond donors (Lipinski definition) is 2. The van der Waals surface area contributed by atoms with Gasteiger partial charge in [-0.05, 0) is 30.2 Å². The van der Waals surface area contributed by atoms with Gasteiger partial charge in [-0.2, -0.15) is 0 Å². The van der Waals surface area contributed by atoms with E-state index in [0.29, 0.717) is 36.1 Å². The lowest BCUT2D eigenvalue weighted by atomic mass is 10.0. The summed E-state index contributed by atoms with van der Waals surface area (Å²) in [5.41, 5.74) is 1.70. The van der Waals surface area contributed by atoms with Crippen LogP contribution in [0.4, 0.5) is 4.39 Å². The number of hydrogen-bond acceptors (Lipinski definition) is 7. The Balaban J connectivity index is 1.28. The number of carbonyl (C=O) groups excluding carboxylic acids is 1. The fourth-order valence-corrected chi connectivity index (χ4v) is 5.82. The maximum atomic E-state index is 13.8. The maximum Gasteiger partial charge on any atom is 0.243 e. The van der Waals surface area contributed by atoms with Crippen LogP contribution >= 0.6 is 11.8 Å². The van der Waals surface area contributed by atoms with Crippen molar-refractivity contribution >= 4 is 35.1 Å². The van der Waals surface area contributed by atoms with E-state index in [-0.39, 0.29) is 46.5 Å². The number of amides is 1. The van der Waals surface area contributed by atoms with Gasteiger partial charge in [-0.3, -0.25) is 14.0 Å². The van der Waals surface area contributed by atoms with E-state index in [1.54, 1.807) is 32.3 Å². The molecule has 196 valence electrons. The Morgan fingerprint density at radius 1 is 1.32 bits per heavy atom. The standard InChI is InChI=1S/C27H27FN6O3S/c1-15-12-33(13-16(2)37-15)23(35)14-32-6-7-34-17(3)25(36)24(31-27(32)34)26-30-10-20(38-26)8-18-4-5-19(28)9-21(18)22-11-29-22/h4-7,9-10,16,22,29-30H,1,3,8,11-14H2,2H3/t16-,22+/m0/s1. The number of thioether (sulfide) groups is 1. The predicted octanol–water partition coefficient (Wildman–Crippen LogP) is 0.937. The number of carbonyl (C=O) groups is 1. The van der Waals surface area contributed by atoms with Crippen LogP contribution in [0.1, 0.15) is 24.1 Å². The lowest BCUT2D eigenvalue weighted by Crippen LogP contribution is -2.46. The summed E-state index contributed by atoms with van der Waals surface area (Å²) in [7, 11) is 0. The van der Waals surface area contributed by atoms with Gasteiger partial charge in [-0.15, -0.1) is 0 Å². The predicted molar refractivity (Wildman–Crippen MR) is 144 cm³/mol. The van der Waals surface area contributed by atoms with E-state index >= 15 is 0 Å². The molecule has 0 aliphatic carbocycles. The van der Waals surface area contributed by atoms with Gasteiger partial charge in [-0.25, -0.2) is 9.37 Å². The van der Waals surface area contributed by atoms with E-state index in [9.17, 15) is 14.0 Å². The van der Waals surface area contributed by atoms with Gasteiger partial charge in [0.15, 0.2) is 0 Å². The number of aromatic nitrogens is 3. The third-order valence-corrected chi connectivity index (χ3v) is 7.83. The molecule has 0 unspecified atom stereocenters. The van der Waals surface area contributed by atoms with E-state index in [4.69, 9.17) is 4.74 Å². The number of allylic oxidation sites excluding steroid dienone is 1. The summed E-state index contributed by atoms with van der Waals surface area (Å²) in [5.74, 6) is 0.664. The smallest absolute Gasteiger partial charge is 0.243 e. The van der Waals surface area contributed by atoms with Crippen molar-refractivity contribution in [3.05, 3.63) is 91.9 Å². The molecule has 0 saturated carbocycles. The first-order valence-electron chi connectivity index (χ1n) is 12.3. The Hall–Kier alpha value is -3.83. The summed E-state index contributed by atoms with van der Waals surface area (Å²) >= 11 is 1.43. The number of benzene rings is 1. The summed E-state index contributed by atoms with van der Waals surface area (Å²) < 4.78 is 22.7. The van der Waals surface area contributed by atoms with E-state index in [0.717, 1.165) is 22.6 Å². The summed E-state index contributed by atoms with van der Waals surface area (Å²) in [6, 6.07) is 5.05. The molecule has 0 radical (unpaired) electrons. The molecular formula is C27H27FN6O3S. The molecule has 2 aromatic heterocycles. The highest BCUT2D eigenvalue weighted by atomic mass is 32.2. The van der Waals surface area contributed by atoms with Crippen molar-refractivity contribution in [1.82, 2.24) is 29.5 Å². The minimum Gasteiger partial charge on any atom is -0.492 e. The number of nitrogens with one attached hydrogen (secondary N) is 2. The van der Waals surface area contributed by atoms with Gasteiger partial charge < -0.3 is 24.8 Å². The first-order valence-corrected chi connectivity index (χ1v) is 13.2. The second-order valence-corrected chi connectivity index (χ2v) is 10.9. The molecule has 2 saturated heterocycles. The van der Waals surface area contributed by atoms with E-state index in [2.05, 4.69) is 28.8 Å². The van der Waals surface area contributed by atoms with Crippen LogP contribution in [0.15, 0.2) is 58.8 Å². The van der Waals surface area contributed by atoms with Crippen LogP contribution < -0.4 is 26.8 Å². The number of imidazole rings is 1. The topological polar surface area (TPSA) is 103 Å². The first kappa shape index (κ1) is 24.5. The van der Waals surface area contributed by atoms with Gasteiger partial charge in [0.05, 0.1) is 18.4 Å².